The number of hydrogen-bond acceptors (Lipinski definition) is 3. The number of nitrogens with zero attached hydrogens (tertiary/aromatic N) is 1. The Hall–Kier alpha value is -2.95. The van der Waals surface area contributed by atoms with Crippen molar-refractivity contribution in [1.29, 1.82) is 0 Å². The number of carbonyl (C=O) groups is 2. The van der Waals surface area contributed by atoms with Crippen molar-refractivity contribution in [2.75, 3.05) is 4.90 Å². The molecule has 142 valence electrons. The minimum absolute atomic E-state index is 0.262. The van der Waals surface area contributed by atoms with Crippen molar-refractivity contribution in [2.24, 2.45) is 11.8 Å². The van der Waals surface area contributed by atoms with E-state index in [1.54, 1.807) is 24.3 Å². The number of imide groups is 1. The predicted molar refractivity (Wildman–Crippen MR) is 109 cm³/mol. The van der Waals surface area contributed by atoms with Crippen molar-refractivity contribution < 1.29 is 14.7 Å². The monoisotopic (exact) mass is 401 g/mol. The van der Waals surface area contributed by atoms with Crippen molar-refractivity contribution >= 4 is 29.1 Å². The first-order chi connectivity index (χ1) is 14.0. The average Bonchev–Trinajstić information content (AvgIpc) is 3.00. The summed E-state index contributed by atoms with van der Waals surface area (Å²) in [5, 5.41) is 12.5. The van der Waals surface area contributed by atoms with E-state index in [0.29, 0.717) is 10.7 Å². The van der Waals surface area contributed by atoms with E-state index < -0.39 is 17.4 Å². The van der Waals surface area contributed by atoms with Crippen LogP contribution in [0.2, 0.25) is 5.02 Å². The van der Waals surface area contributed by atoms with E-state index in [4.69, 9.17) is 11.6 Å². The van der Waals surface area contributed by atoms with Crippen LogP contribution in [0.5, 0.6) is 0 Å². The maximum atomic E-state index is 13.6. The Kier molecular flexibility index (Phi) is 3.25. The minimum atomic E-state index is -1.54. The number of rotatable bonds is 1. The molecule has 5 heteroatoms. The first-order valence-electron chi connectivity index (χ1n) is 9.58. The van der Waals surface area contributed by atoms with Crippen LogP contribution in [-0.4, -0.2) is 16.9 Å². The summed E-state index contributed by atoms with van der Waals surface area (Å²) in [5.41, 5.74) is 2.19. The van der Waals surface area contributed by atoms with Crippen molar-refractivity contribution in [3.8, 4) is 0 Å². The van der Waals surface area contributed by atoms with E-state index >= 15 is 0 Å². The van der Waals surface area contributed by atoms with Crippen molar-refractivity contribution in [3.05, 3.63) is 100 Å². The van der Waals surface area contributed by atoms with Gasteiger partial charge in [0.1, 0.15) is 5.60 Å². The van der Waals surface area contributed by atoms with Gasteiger partial charge in [-0.2, -0.15) is 0 Å². The molecule has 1 N–H and O–H groups in total. The van der Waals surface area contributed by atoms with Crippen LogP contribution in [0.1, 0.15) is 28.2 Å². The largest absolute Gasteiger partial charge is 0.379 e. The Morgan fingerprint density at radius 2 is 1.45 bits per heavy atom. The molecule has 0 spiro atoms. The molecule has 1 aliphatic heterocycles. The van der Waals surface area contributed by atoms with Crippen LogP contribution >= 0.6 is 11.6 Å². The molecule has 0 saturated carbocycles. The molecule has 29 heavy (non-hydrogen) atoms. The van der Waals surface area contributed by atoms with Crippen LogP contribution < -0.4 is 4.90 Å². The first-order valence-corrected chi connectivity index (χ1v) is 9.96. The van der Waals surface area contributed by atoms with Gasteiger partial charge in [-0.25, -0.2) is 4.90 Å². The second-order valence-corrected chi connectivity index (χ2v) is 8.35. The molecule has 3 aromatic carbocycles. The van der Waals surface area contributed by atoms with E-state index in [9.17, 15) is 14.7 Å². The highest BCUT2D eigenvalue weighted by Gasteiger charge is 2.68. The van der Waals surface area contributed by atoms with Gasteiger partial charge >= 0.3 is 0 Å². The standard InChI is InChI=1S/C24H16ClNO3/c25-13-6-5-7-14(12-13)26-22(27)20-19-15-8-1-3-10-17(15)24(29,21(20)23(26)28)18-11-4-2-9-16(18)19/h1-12,19-21,29H/t19?,20-,21+,24?/m1/s1. The van der Waals surface area contributed by atoms with Gasteiger partial charge < -0.3 is 5.11 Å². The molecule has 2 bridgehead atoms. The molecule has 0 unspecified atom stereocenters. The number of amides is 2. The lowest BCUT2D eigenvalue weighted by Crippen LogP contribution is -2.53. The number of carbonyl (C=O) groups excluding carboxylic acids is 2. The summed E-state index contributed by atoms with van der Waals surface area (Å²) >= 11 is 6.12. The van der Waals surface area contributed by atoms with E-state index in [1.165, 1.54) is 4.90 Å². The number of anilines is 1. The van der Waals surface area contributed by atoms with Crippen LogP contribution in [0.15, 0.2) is 72.8 Å². The molecule has 4 nitrogen and oxygen atoms in total. The van der Waals surface area contributed by atoms with Crippen LogP contribution in [0.4, 0.5) is 5.69 Å². The summed E-state index contributed by atoms with van der Waals surface area (Å²) in [5.74, 6) is -2.42. The third-order valence-corrected chi connectivity index (χ3v) is 6.87. The summed E-state index contributed by atoms with van der Waals surface area (Å²) in [7, 11) is 0. The third kappa shape index (κ3) is 1.93. The van der Waals surface area contributed by atoms with Crippen molar-refractivity contribution in [3.63, 3.8) is 0 Å². The van der Waals surface area contributed by atoms with E-state index in [2.05, 4.69) is 0 Å². The van der Waals surface area contributed by atoms with Gasteiger partial charge in [0.05, 0.1) is 17.5 Å². The molecule has 3 aromatic rings. The van der Waals surface area contributed by atoms with Gasteiger partial charge in [0.15, 0.2) is 0 Å². The number of hydrogen-bond donors (Lipinski definition) is 1. The molecule has 2 amide bonds. The quantitative estimate of drug-likeness (QED) is 0.630. The van der Waals surface area contributed by atoms with Crippen LogP contribution in [0.3, 0.4) is 0 Å². The Balaban J connectivity index is 1.63. The van der Waals surface area contributed by atoms with Gasteiger partial charge in [0.25, 0.3) is 0 Å². The van der Waals surface area contributed by atoms with E-state index in [-0.39, 0.29) is 17.7 Å². The zero-order valence-electron chi connectivity index (χ0n) is 15.2. The Morgan fingerprint density at radius 1 is 0.828 bits per heavy atom. The molecule has 3 aliphatic carbocycles. The number of halogens is 1. The third-order valence-electron chi connectivity index (χ3n) is 6.64. The molecular weight excluding hydrogens is 386 g/mol. The normalized spacial score (nSPS) is 28.9. The zero-order valence-corrected chi connectivity index (χ0v) is 16.0. The maximum Gasteiger partial charge on any atom is 0.241 e. The summed E-state index contributed by atoms with van der Waals surface area (Å²) in [4.78, 5) is 28.3. The smallest absolute Gasteiger partial charge is 0.241 e. The van der Waals surface area contributed by atoms with Crippen molar-refractivity contribution in [1.82, 2.24) is 0 Å². The molecule has 7 rings (SSSR count). The van der Waals surface area contributed by atoms with Crippen LogP contribution in [-0.2, 0) is 15.2 Å². The predicted octanol–water partition coefficient (Wildman–Crippen LogP) is 3.84. The molecule has 1 saturated heterocycles. The SMILES string of the molecule is O=C1[C@@H]2C3c4ccccc4C(O)(c4ccccc43)[C@@H]2C(=O)N1c1cccc(Cl)c1. The van der Waals surface area contributed by atoms with Gasteiger partial charge in [-0.05, 0) is 40.5 Å². The molecule has 0 aromatic heterocycles. The lowest BCUT2D eigenvalue weighted by atomic mass is 9.52. The molecular formula is C24H16ClNO3. The Bertz CT molecular complexity index is 1170. The van der Waals surface area contributed by atoms with Crippen LogP contribution in [0, 0.1) is 11.8 Å². The Labute approximate surface area is 172 Å². The first kappa shape index (κ1) is 17.0. The second-order valence-electron chi connectivity index (χ2n) is 7.91. The topological polar surface area (TPSA) is 57.6 Å². The summed E-state index contributed by atoms with van der Waals surface area (Å²) < 4.78 is 0. The van der Waals surface area contributed by atoms with Gasteiger partial charge in [-0.1, -0.05) is 66.2 Å². The summed E-state index contributed by atoms with van der Waals surface area (Å²) in [6, 6.07) is 21.9. The fraction of sp³-hybridized carbons (Fsp3) is 0.167. The highest BCUT2D eigenvalue weighted by Crippen LogP contribution is 2.63. The van der Waals surface area contributed by atoms with E-state index in [1.807, 2.05) is 48.5 Å². The highest BCUT2D eigenvalue weighted by molar-refractivity contribution is 6.31. The van der Waals surface area contributed by atoms with Crippen LogP contribution in [0.25, 0.3) is 0 Å². The maximum absolute atomic E-state index is 13.6. The van der Waals surface area contributed by atoms with Gasteiger partial charge in [0.2, 0.25) is 11.8 Å². The van der Waals surface area contributed by atoms with Gasteiger partial charge in [0, 0.05) is 10.9 Å². The number of aliphatic hydroxyl groups is 1. The fourth-order valence-corrected chi connectivity index (χ4v) is 5.79. The molecule has 1 fully saturated rings. The summed E-state index contributed by atoms with van der Waals surface area (Å²) in [6.07, 6.45) is 0. The summed E-state index contributed by atoms with van der Waals surface area (Å²) in [6.45, 7) is 0. The lowest BCUT2D eigenvalue weighted by Gasteiger charge is -2.51. The van der Waals surface area contributed by atoms with E-state index in [0.717, 1.165) is 22.3 Å². The Morgan fingerprint density at radius 3 is 2.07 bits per heavy atom. The molecule has 2 atom stereocenters. The zero-order chi connectivity index (χ0) is 19.9. The molecule has 1 heterocycles. The van der Waals surface area contributed by atoms with Gasteiger partial charge in [-0.3, -0.25) is 9.59 Å². The number of benzene rings is 3. The lowest BCUT2D eigenvalue weighted by molar-refractivity contribution is -0.133. The second kappa shape index (κ2) is 5.56. The minimum Gasteiger partial charge on any atom is -0.379 e. The fourth-order valence-electron chi connectivity index (χ4n) is 5.60. The molecule has 4 aliphatic rings. The highest BCUT2D eigenvalue weighted by atomic mass is 35.5. The average molecular weight is 402 g/mol. The van der Waals surface area contributed by atoms with Crippen molar-refractivity contribution in [2.45, 2.75) is 11.5 Å². The van der Waals surface area contributed by atoms with Gasteiger partial charge in [-0.15, -0.1) is 0 Å². The molecule has 0 radical (unpaired) electrons.